The summed E-state index contributed by atoms with van der Waals surface area (Å²) in [7, 11) is 1.57. The number of anilines is 1. The Kier molecular flexibility index (Phi) is 7.03. The molecule has 8 heteroatoms. The summed E-state index contributed by atoms with van der Waals surface area (Å²) in [6, 6.07) is 13.7. The molecule has 172 valence electrons. The molecule has 33 heavy (non-hydrogen) atoms. The van der Waals surface area contributed by atoms with Gasteiger partial charge in [-0.3, -0.25) is 9.59 Å². The number of amides is 1. The number of H-pyrrole nitrogens is 1. The van der Waals surface area contributed by atoms with E-state index in [0.29, 0.717) is 40.4 Å². The topological polar surface area (TPSA) is 93.3 Å². The minimum absolute atomic E-state index is 0.128. The summed E-state index contributed by atoms with van der Waals surface area (Å²) < 4.78 is 11.5. The van der Waals surface area contributed by atoms with Crippen molar-refractivity contribution < 1.29 is 14.3 Å². The molecule has 0 saturated heterocycles. The van der Waals surface area contributed by atoms with Gasteiger partial charge in [-0.1, -0.05) is 60.6 Å². The Morgan fingerprint density at radius 1 is 1.15 bits per heavy atom. The van der Waals surface area contributed by atoms with Crippen molar-refractivity contribution in [1.29, 1.82) is 0 Å². The molecule has 0 fully saturated rings. The van der Waals surface area contributed by atoms with Crippen LogP contribution in [0.2, 0.25) is 0 Å². The predicted octanol–water partition coefficient (Wildman–Crippen LogP) is 4.64. The molecule has 1 aliphatic rings. The van der Waals surface area contributed by atoms with Crippen LogP contribution in [0.15, 0.2) is 52.4 Å². The number of nitrogens with zero attached hydrogens (tertiary/aromatic N) is 1. The molecule has 7 nitrogen and oxygen atoms in total. The third kappa shape index (κ3) is 5.06. The van der Waals surface area contributed by atoms with Gasteiger partial charge < -0.3 is 19.8 Å². The lowest BCUT2D eigenvalue weighted by Gasteiger charge is -2.26. The Morgan fingerprint density at radius 3 is 2.67 bits per heavy atom. The van der Waals surface area contributed by atoms with E-state index in [1.165, 1.54) is 17.3 Å². The quantitative estimate of drug-likeness (QED) is 0.372. The third-order valence-electron chi connectivity index (χ3n) is 5.48. The highest BCUT2D eigenvalue weighted by molar-refractivity contribution is 7.98. The number of carbonyl (C=O) groups is 1. The minimum atomic E-state index is -0.483. The second-order valence-electron chi connectivity index (χ2n) is 7.94. The van der Waals surface area contributed by atoms with Crippen LogP contribution in [0.5, 0.6) is 11.5 Å². The van der Waals surface area contributed by atoms with Crippen LogP contribution < -0.4 is 20.3 Å². The average molecular weight is 466 g/mol. The standard InChI is InChI=1S/C25H27N3O4S/c1-4-12-32-22-17(6-5-7-19(22)31-3)18-13-20(29)26-23-21(18)24(30)28-25(27-23)33-14-16-10-8-15(2)9-11-16/h5-11,18H,4,12-14H2,1-3H3,(H2,26,27,28,29,30). The van der Waals surface area contributed by atoms with Gasteiger partial charge in [0.1, 0.15) is 5.82 Å². The molecule has 2 N–H and O–H groups in total. The van der Waals surface area contributed by atoms with Crippen LogP contribution in [0.3, 0.4) is 0 Å². The highest BCUT2D eigenvalue weighted by Crippen LogP contribution is 2.42. The van der Waals surface area contributed by atoms with E-state index in [9.17, 15) is 9.59 Å². The Bertz CT molecular complexity index is 1210. The third-order valence-corrected chi connectivity index (χ3v) is 6.43. The number of aromatic amines is 1. The number of ether oxygens (including phenoxy) is 2. The number of rotatable bonds is 8. The van der Waals surface area contributed by atoms with Crippen LogP contribution in [-0.2, 0) is 10.5 Å². The smallest absolute Gasteiger partial charge is 0.257 e. The van der Waals surface area contributed by atoms with E-state index in [4.69, 9.17) is 9.47 Å². The maximum atomic E-state index is 13.2. The molecule has 0 aliphatic carbocycles. The minimum Gasteiger partial charge on any atom is -0.493 e. The van der Waals surface area contributed by atoms with Gasteiger partial charge in [-0.2, -0.15) is 0 Å². The van der Waals surface area contributed by atoms with E-state index in [1.807, 2.05) is 32.0 Å². The molecule has 3 aromatic rings. The van der Waals surface area contributed by atoms with Crippen molar-refractivity contribution in [3.63, 3.8) is 0 Å². The number of aromatic nitrogens is 2. The molecule has 1 unspecified atom stereocenters. The first-order chi connectivity index (χ1) is 16.0. The Hall–Kier alpha value is -3.26. The van der Waals surface area contributed by atoms with Gasteiger partial charge in [0, 0.05) is 23.7 Å². The van der Waals surface area contributed by atoms with Crippen molar-refractivity contribution in [2.45, 2.75) is 43.5 Å². The lowest BCUT2D eigenvalue weighted by molar-refractivity contribution is -0.116. The summed E-state index contributed by atoms with van der Waals surface area (Å²) in [5.74, 6) is 1.42. The molecule has 4 rings (SSSR count). The van der Waals surface area contributed by atoms with Crippen molar-refractivity contribution in [2.75, 3.05) is 19.0 Å². The second kappa shape index (κ2) is 10.1. The molecule has 0 spiro atoms. The first-order valence-electron chi connectivity index (χ1n) is 10.9. The lowest BCUT2D eigenvalue weighted by atomic mass is 9.86. The molecular weight excluding hydrogens is 438 g/mol. The first kappa shape index (κ1) is 22.9. The summed E-state index contributed by atoms with van der Waals surface area (Å²) in [4.78, 5) is 33.2. The van der Waals surface area contributed by atoms with Crippen molar-refractivity contribution in [2.24, 2.45) is 0 Å². The largest absolute Gasteiger partial charge is 0.493 e. The summed E-state index contributed by atoms with van der Waals surface area (Å²) >= 11 is 1.42. The summed E-state index contributed by atoms with van der Waals surface area (Å²) in [5, 5.41) is 3.25. The molecule has 1 aliphatic heterocycles. The van der Waals surface area contributed by atoms with Crippen molar-refractivity contribution in [3.05, 3.63) is 75.1 Å². The SMILES string of the molecule is CCCOc1c(OC)cccc1C1CC(=O)Nc2nc(SCc3ccc(C)cc3)[nH]c(=O)c21. The van der Waals surface area contributed by atoms with E-state index in [1.54, 1.807) is 7.11 Å². The molecule has 1 amide bonds. The number of methoxy groups -OCH3 is 1. The zero-order valence-corrected chi connectivity index (χ0v) is 19.8. The number of thioether (sulfide) groups is 1. The van der Waals surface area contributed by atoms with E-state index in [2.05, 4.69) is 39.6 Å². The molecule has 2 aromatic carbocycles. The van der Waals surface area contributed by atoms with Crippen LogP contribution in [0.25, 0.3) is 0 Å². The van der Waals surface area contributed by atoms with E-state index in [0.717, 1.165) is 17.5 Å². The monoisotopic (exact) mass is 465 g/mol. The average Bonchev–Trinajstić information content (AvgIpc) is 2.81. The zero-order valence-electron chi connectivity index (χ0n) is 18.9. The number of hydrogen-bond acceptors (Lipinski definition) is 6. The number of fused-ring (bicyclic) bond motifs is 1. The highest BCUT2D eigenvalue weighted by Gasteiger charge is 2.33. The van der Waals surface area contributed by atoms with Crippen molar-refractivity contribution in [3.8, 4) is 11.5 Å². The molecular formula is C25H27N3O4S. The van der Waals surface area contributed by atoms with E-state index >= 15 is 0 Å². The van der Waals surface area contributed by atoms with Gasteiger partial charge >= 0.3 is 0 Å². The van der Waals surface area contributed by atoms with E-state index in [-0.39, 0.29) is 17.9 Å². The normalized spacial score (nSPS) is 15.0. The van der Waals surface area contributed by atoms with Gasteiger partial charge in [-0.25, -0.2) is 4.98 Å². The first-order valence-corrected chi connectivity index (χ1v) is 11.9. The lowest BCUT2D eigenvalue weighted by Crippen LogP contribution is -2.31. The maximum Gasteiger partial charge on any atom is 0.257 e. The van der Waals surface area contributed by atoms with Crippen molar-refractivity contribution in [1.82, 2.24) is 9.97 Å². The number of aryl methyl sites for hydroxylation is 1. The predicted molar refractivity (Wildman–Crippen MR) is 129 cm³/mol. The fourth-order valence-corrected chi connectivity index (χ4v) is 4.66. The zero-order chi connectivity index (χ0) is 23.4. The number of carbonyl (C=O) groups excluding carboxylic acids is 1. The van der Waals surface area contributed by atoms with Gasteiger partial charge in [0.15, 0.2) is 16.7 Å². The Morgan fingerprint density at radius 2 is 1.94 bits per heavy atom. The molecule has 2 heterocycles. The molecule has 0 saturated carbocycles. The number of benzene rings is 2. The highest BCUT2D eigenvalue weighted by atomic mass is 32.2. The maximum absolute atomic E-state index is 13.2. The fourth-order valence-electron chi connectivity index (χ4n) is 3.85. The fraction of sp³-hybridized carbons (Fsp3) is 0.320. The van der Waals surface area contributed by atoms with Gasteiger partial charge in [0.25, 0.3) is 5.56 Å². The van der Waals surface area contributed by atoms with Gasteiger partial charge in [0.05, 0.1) is 19.3 Å². The molecule has 1 atom stereocenters. The van der Waals surface area contributed by atoms with E-state index < -0.39 is 5.92 Å². The van der Waals surface area contributed by atoms with Crippen molar-refractivity contribution >= 4 is 23.5 Å². The van der Waals surface area contributed by atoms with Crippen LogP contribution in [0, 0.1) is 6.92 Å². The van der Waals surface area contributed by atoms with Gasteiger partial charge in [0.2, 0.25) is 5.91 Å². The molecule has 0 radical (unpaired) electrons. The molecule has 1 aromatic heterocycles. The Labute approximate surface area is 196 Å². The van der Waals surface area contributed by atoms with Crippen LogP contribution in [-0.4, -0.2) is 29.6 Å². The summed E-state index contributed by atoms with van der Waals surface area (Å²) in [6.07, 6.45) is 0.951. The Balaban J connectivity index is 1.69. The molecule has 0 bridgehead atoms. The summed E-state index contributed by atoms with van der Waals surface area (Å²) in [5.41, 5.74) is 3.23. The number of hydrogen-bond donors (Lipinski definition) is 2. The summed E-state index contributed by atoms with van der Waals surface area (Å²) in [6.45, 7) is 4.56. The van der Waals surface area contributed by atoms with Gasteiger partial charge in [-0.15, -0.1) is 0 Å². The second-order valence-corrected chi connectivity index (χ2v) is 8.90. The number of nitrogens with one attached hydrogen (secondary N) is 2. The van der Waals surface area contributed by atoms with Crippen LogP contribution in [0.4, 0.5) is 5.82 Å². The number of para-hydroxylation sites is 1. The van der Waals surface area contributed by atoms with Crippen LogP contribution in [0.1, 0.15) is 47.9 Å². The van der Waals surface area contributed by atoms with Gasteiger partial charge in [-0.05, 0) is 25.0 Å². The van der Waals surface area contributed by atoms with Crippen LogP contribution >= 0.6 is 11.8 Å².